The van der Waals surface area contributed by atoms with Gasteiger partial charge in [-0.25, -0.2) is 0 Å². The number of benzene rings is 2. The Morgan fingerprint density at radius 3 is 2.64 bits per heavy atom. The molecule has 0 saturated heterocycles. The first-order valence-electron chi connectivity index (χ1n) is 7.60. The Hall–Kier alpha value is -2.31. The number of nitrogens with zero attached hydrogens (tertiary/aromatic N) is 2. The topological polar surface area (TPSA) is 68.0 Å². The molecule has 2 aromatic carbocycles. The molecular weight excluding hydrogens is 358 g/mol. The second-order valence-corrected chi connectivity index (χ2v) is 6.90. The maximum Gasteiger partial charge on any atom is 0.277 e. The third-order valence-electron chi connectivity index (χ3n) is 3.49. The maximum atomic E-state index is 12.1. The molecule has 0 aliphatic carbocycles. The molecule has 0 unspecified atom stereocenters. The number of halogens is 1. The standard InChI is InChI=1S/C18H16ClN3O2S/c1-11-3-5-13(6-4-11)17-21-22-18(24-17)25-10-16(23)20-15-8-7-14(19)9-12(15)2/h3-9H,10H2,1-2H3,(H,20,23). The molecule has 3 rings (SSSR count). The third kappa shape index (κ3) is 4.61. The number of anilines is 1. The van der Waals surface area contributed by atoms with Crippen LogP contribution in [0, 0.1) is 13.8 Å². The molecule has 0 spiro atoms. The Labute approximate surface area is 154 Å². The van der Waals surface area contributed by atoms with Crippen molar-refractivity contribution >= 4 is 35.0 Å². The first-order valence-corrected chi connectivity index (χ1v) is 8.97. The molecule has 1 heterocycles. The SMILES string of the molecule is Cc1ccc(-c2nnc(SCC(=O)Nc3ccc(Cl)cc3C)o2)cc1. The van der Waals surface area contributed by atoms with Crippen molar-refractivity contribution in [2.24, 2.45) is 0 Å². The van der Waals surface area contributed by atoms with Crippen LogP contribution in [0.3, 0.4) is 0 Å². The van der Waals surface area contributed by atoms with Crippen LogP contribution >= 0.6 is 23.4 Å². The van der Waals surface area contributed by atoms with Crippen LogP contribution in [0.2, 0.25) is 5.02 Å². The zero-order chi connectivity index (χ0) is 17.8. The lowest BCUT2D eigenvalue weighted by Crippen LogP contribution is -2.14. The molecule has 0 atom stereocenters. The lowest BCUT2D eigenvalue weighted by Gasteiger charge is -2.07. The summed E-state index contributed by atoms with van der Waals surface area (Å²) in [6.45, 7) is 3.90. The largest absolute Gasteiger partial charge is 0.411 e. The monoisotopic (exact) mass is 373 g/mol. The number of thioether (sulfide) groups is 1. The van der Waals surface area contributed by atoms with Gasteiger partial charge in [0.25, 0.3) is 5.22 Å². The zero-order valence-corrected chi connectivity index (χ0v) is 15.3. The van der Waals surface area contributed by atoms with Gasteiger partial charge in [-0.1, -0.05) is 41.1 Å². The summed E-state index contributed by atoms with van der Waals surface area (Å²) in [7, 11) is 0. The van der Waals surface area contributed by atoms with E-state index in [1.54, 1.807) is 18.2 Å². The van der Waals surface area contributed by atoms with Crippen LogP contribution in [0.4, 0.5) is 5.69 Å². The van der Waals surface area contributed by atoms with Crippen LogP contribution in [0.25, 0.3) is 11.5 Å². The van der Waals surface area contributed by atoms with Crippen molar-refractivity contribution in [3.8, 4) is 11.5 Å². The quantitative estimate of drug-likeness (QED) is 0.654. The Morgan fingerprint density at radius 2 is 1.92 bits per heavy atom. The number of hydrogen-bond acceptors (Lipinski definition) is 5. The molecule has 128 valence electrons. The minimum absolute atomic E-state index is 0.148. The molecule has 0 radical (unpaired) electrons. The summed E-state index contributed by atoms with van der Waals surface area (Å²) >= 11 is 7.11. The van der Waals surface area contributed by atoms with E-state index in [-0.39, 0.29) is 11.7 Å². The number of carbonyl (C=O) groups is 1. The first kappa shape index (κ1) is 17.5. The van der Waals surface area contributed by atoms with Gasteiger partial charge in [0, 0.05) is 16.3 Å². The highest BCUT2D eigenvalue weighted by Crippen LogP contribution is 2.24. The summed E-state index contributed by atoms with van der Waals surface area (Å²) in [6, 6.07) is 13.1. The Balaban J connectivity index is 1.58. The molecule has 0 aliphatic rings. The average Bonchev–Trinajstić information content (AvgIpc) is 3.05. The molecule has 7 heteroatoms. The number of nitrogens with one attached hydrogen (secondary N) is 1. The molecule has 5 nitrogen and oxygen atoms in total. The summed E-state index contributed by atoms with van der Waals surface area (Å²) < 4.78 is 5.59. The van der Waals surface area contributed by atoms with Crippen LogP contribution in [0.5, 0.6) is 0 Å². The summed E-state index contributed by atoms with van der Waals surface area (Å²) in [5, 5.41) is 11.8. The fourth-order valence-corrected chi connectivity index (χ4v) is 2.95. The predicted octanol–water partition coefficient (Wildman–Crippen LogP) is 4.74. The Kier molecular flexibility index (Phi) is 5.40. The van der Waals surface area contributed by atoms with Crippen molar-refractivity contribution in [2.45, 2.75) is 19.1 Å². The lowest BCUT2D eigenvalue weighted by atomic mass is 10.1. The molecule has 1 aromatic heterocycles. The van der Waals surface area contributed by atoms with Gasteiger partial charge in [-0.3, -0.25) is 4.79 Å². The van der Waals surface area contributed by atoms with Crippen molar-refractivity contribution in [2.75, 3.05) is 11.1 Å². The highest BCUT2D eigenvalue weighted by atomic mass is 35.5. The van der Waals surface area contributed by atoms with Gasteiger partial charge in [0.1, 0.15) is 0 Å². The van der Waals surface area contributed by atoms with E-state index < -0.39 is 0 Å². The van der Waals surface area contributed by atoms with E-state index in [1.165, 1.54) is 11.8 Å². The molecule has 0 bridgehead atoms. The maximum absolute atomic E-state index is 12.1. The van der Waals surface area contributed by atoms with Crippen LogP contribution in [-0.4, -0.2) is 21.9 Å². The van der Waals surface area contributed by atoms with E-state index in [9.17, 15) is 4.79 Å². The highest BCUT2D eigenvalue weighted by molar-refractivity contribution is 7.99. The van der Waals surface area contributed by atoms with Gasteiger partial charge in [0.15, 0.2) is 0 Å². The second kappa shape index (κ2) is 7.72. The molecule has 1 N–H and O–H groups in total. The lowest BCUT2D eigenvalue weighted by molar-refractivity contribution is -0.113. The fraction of sp³-hybridized carbons (Fsp3) is 0.167. The van der Waals surface area contributed by atoms with Gasteiger partial charge in [-0.15, -0.1) is 10.2 Å². The van der Waals surface area contributed by atoms with E-state index >= 15 is 0 Å². The fourth-order valence-electron chi connectivity index (χ4n) is 2.16. The van der Waals surface area contributed by atoms with E-state index in [0.717, 1.165) is 22.4 Å². The molecule has 0 aliphatic heterocycles. The van der Waals surface area contributed by atoms with Crippen molar-refractivity contribution < 1.29 is 9.21 Å². The minimum Gasteiger partial charge on any atom is -0.411 e. The number of rotatable bonds is 5. The molecule has 25 heavy (non-hydrogen) atoms. The normalized spacial score (nSPS) is 10.7. The van der Waals surface area contributed by atoms with Gasteiger partial charge >= 0.3 is 0 Å². The summed E-state index contributed by atoms with van der Waals surface area (Å²) in [6.07, 6.45) is 0. The molecule has 1 amide bonds. The van der Waals surface area contributed by atoms with E-state index in [1.807, 2.05) is 38.1 Å². The van der Waals surface area contributed by atoms with Crippen LogP contribution < -0.4 is 5.32 Å². The van der Waals surface area contributed by atoms with Crippen LogP contribution in [0.15, 0.2) is 52.1 Å². The molecule has 0 saturated carbocycles. The number of aromatic nitrogens is 2. The van der Waals surface area contributed by atoms with Gasteiger partial charge < -0.3 is 9.73 Å². The van der Waals surface area contributed by atoms with E-state index in [0.29, 0.717) is 16.1 Å². The minimum atomic E-state index is -0.148. The highest BCUT2D eigenvalue weighted by Gasteiger charge is 2.12. The Morgan fingerprint density at radius 1 is 1.16 bits per heavy atom. The summed E-state index contributed by atoms with van der Waals surface area (Å²) in [5.41, 5.74) is 3.66. The summed E-state index contributed by atoms with van der Waals surface area (Å²) in [5.74, 6) is 0.472. The smallest absolute Gasteiger partial charge is 0.277 e. The Bertz CT molecular complexity index is 894. The second-order valence-electron chi connectivity index (χ2n) is 5.54. The summed E-state index contributed by atoms with van der Waals surface area (Å²) in [4.78, 5) is 12.1. The number of amides is 1. The van der Waals surface area contributed by atoms with E-state index in [2.05, 4.69) is 15.5 Å². The van der Waals surface area contributed by atoms with Crippen LogP contribution in [0.1, 0.15) is 11.1 Å². The predicted molar refractivity (Wildman–Crippen MR) is 100 cm³/mol. The zero-order valence-electron chi connectivity index (χ0n) is 13.7. The van der Waals surface area contributed by atoms with Crippen molar-refractivity contribution in [1.29, 1.82) is 0 Å². The van der Waals surface area contributed by atoms with E-state index in [4.69, 9.17) is 16.0 Å². The van der Waals surface area contributed by atoms with Gasteiger partial charge in [-0.05, 0) is 49.7 Å². The first-order chi connectivity index (χ1) is 12.0. The van der Waals surface area contributed by atoms with Gasteiger partial charge in [-0.2, -0.15) is 0 Å². The number of hydrogen-bond donors (Lipinski definition) is 1. The molecule has 3 aromatic rings. The van der Waals surface area contributed by atoms with Crippen LogP contribution in [-0.2, 0) is 4.79 Å². The molecule has 0 fully saturated rings. The average molecular weight is 374 g/mol. The molecular formula is C18H16ClN3O2S. The number of aryl methyl sites for hydroxylation is 2. The van der Waals surface area contributed by atoms with Crippen molar-refractivity contribution in [3.05, 3.63) is 58.6 Å². The number of carbonyl (C=O) groups excluding carboxylic acids is 1. The van der Waals surface area contributed by atoms with Gasteiger partial charge in [0.05, 0.1) is 5.75 Å². The third-order valence-corrected chi connectivity index (χ3v) is 4.55. The van der Waals surface area contributed by atoms with Crippen molar-refractivity contribution in [3.63, 3.8) is 0 Å². The van der Waals surface area contributed by atoms with Crippen molar-refractivity contribution in [1.82, 2.24) is 10.2 Å². The van der Waals surface area contributed by atoms with Gasteiger partial charge in [0.2, 0.25) is 11.8 Å².